The summed E-state index contributed by atoms with van der Waals surface area (Å²) in [6.07, 6.45) is 0. The molecule has 0 saturated heterocycles. The number of rotatable bonds is 3. The van der Waals surface area contributed by atoms with Crippen LogP contribution in [0, 0.1) is 6.92 Å². The second kappa shape index (κ2) is 5.30. The van der Waals surface area contributed by atoms with Gasteiger partial charge in [0, 0.05) is 4.47 Å². The van der Waals surface area contributed by atoms with Gasteiger partial charge in [-0.2, -0.15) is 0 Å². The number of aryl methyl sites for hydroxylation is 1. The van der Waals surface area contributed by atoms with Crippen molar-refractivity contribution in [1.82, 2.24) is 0 Å². The number of hydrogen-bond donors (Lipinski definition) is 1. The van der Waals surface area contributed by atoms with Crippen LogP contribution in [0.2, 0.25) is 0 Å². The molecular weight excluding hydrogens is 330 g/mol. The molecule has 0 amide bonds. The summed E-state index contributed by atoms with van der Waals surface area (Å²) in [6.45, 7) is 1.99. The van der Waals surface area contributed by atoms with Gasteiger partial charge in [-0.05, 0) is 46.1 Å². The molecule has 0 bridgehead atoms. The van der Waals surface area contributed by atoms with Gasteiger partial charge < -0.3 is 5.32 Å². The normalized spacial score (nSPS) is 10.8. The van der Waals surface area contributed by atoms with Gasteiger partial charge in [0.25, 0.3) is 5.43 Å². The lowest BCUT2D eigenvalue weighted by molar-refractivity contribution is 1.36. The lowest BCUT2D eigenvalue weighted by atomic mass is 9.98. The van der Waals surface area contributed by atoms with E-state index in [1.54, 1.807) is 0 Å². The number of hydrogen-bond acceptors (Lipinski definition) is 3. The summed E-state index contributed by atoms with van der Waals surface area (Å²) in [4.78, 5) is 23.7. The maximum atomic E-state index is 11.8. The first-order valence-electron chi connectivity index (χ1n) is 6.50. The van der Waals surface area contributed by atoms with Gasteiger partial charge in [-0.25, -0.2) is 0 Å². The first-order chi connectivity index (χ1) is 10.1. The van der Waals surface area contributed by atoms with Crippen LogP contribution in [0.5, 0.6) is 0 Å². The van der Waals surface area contributed by atoms with Crippen LogP contribution in [0.25, 0.3) is 11.1 Å². The zero-order valence-corrected chi connectivity index (χ0v) is 12.9. The molecule has 4 heteroatoms. The number of anilines is 2. The minimum absolute atomic E-state index is 0.357. The molecule has 1 N–H and O–H groups in total. The van der Waals surface area contributed by atoms with Crippen molar-refractivity contribution in [2.24, 2.45) is 0 Å². The molecule has 0 aliphatic heterocycles. The van der Waals surface area contributed by atoms with E-state index in [4.69, 9.17) is 0 Å². The van der Waals surface area contributed by atoms with Gasteiger partial charge in [-0.15, -0.1) is 0 Å². The van der Waals surface area contributed by atoms with Crippen LogP contribution in [0.15, 0.2) is 62.6 Å². The summed E-state index contributed by atoms with van der Waals surface area (Å²) < 4.78 is 0.856. The van der Waals surface area contributed by atoms with Gasteiger partial charge >= 0.3 is 0 Å². The lowest BCUT2D eigenvalue weighted by Gasteiger charge is -2.14. The van der Waals surface area contributed by atoms with E-state index in [1.165, 1.54) is 0 Å². The van der Waals surface area contributed by atoms with E-state index in [0.29, 0.717) is 11.3 Å². The van der Waals surface area contributed by atoms with E-state index < -0.39 is 10.9 Å². The summed E-state index contributed by atoms with van der Waals surface area (Å²) in [5.41, 5.74) is 2.54. The maximum Gasteiger partial charge on any atom is 0.250 e. The third kappa shape index (κ3) is 2.43. The van der Waals surface area contributed by atoms with E-state index in [-0.39, 0.29) is 0 Å². The molecule has 3 aromatic carbocycles. The fourth-order valence-corrected chi connectivity index (χ4v) is 2.84. The van der Waals surface area contributed by atoms with Crippen LogP contribution in [0.4, 0.5) is 11.4 Å². The molecular formula is C17H12BrNO2. The van der Waals surface area contributed by atoms with E-state index in [0.717, 1.165) is 21.3 Å². The van der Waals surface area contributed by atoms with E-state index in [2.05, 4.69) is 21.2 Å². The van der Waals surface area contributed by atoms with E-state index in [9.17, 15) is 9.59 Å². The van der Waals surface area contributed by atoms with Gasteiger partial charge in [0.15, 0.2) is 0 Å². The van der Waals surface area contributed by atoms with Gasteiger partial charge in [0.05, 0.1) is 11.3 Å². The molecule has 0 saturated carbocycles. The number of nitrogens with one attached hydrogen (secondary N) is 1. The van der Waals surface area contributed by atoms with Crippen molar-refractivity contribution in [1.29, 1.82) is 0 Å². The minimum Gasteiger partial charge on any atom is -0.351 e. The van der Waals surface area contributed by atoms with Crippen molar-refractivity contribution in [3.63, 3.8) is 0 Å². The third-order valence-electron chi connectivity index (χ3n) is 3.36. The Morgan fingerprint density at radius 2 is 1.67 bits per heavy atom. The third-order valence-corrected chi connectivity index (χ3v) is 4.01. The Bertz CT molecular complexity index is 878. The molecule has 3 rings (SSSR count). The predicted octanol–water partition coefficient (Wildman–Crippen LogP) is 3.76. The van der Waals surface area contributed by atoms with E-state index >= 15 is 0 Å². The highest BCUT2D eigenvalue weighted by Crippen LogP contribution is 2.30. The smallest absolute Gasteiger partial charge is 0.250 e. The van der Waals surface area contributed by atoms with Crippen molar-refractivity contribution in [2.45, 2.75) is 6.92 Å². The summed E-state index contributed by atoms with van der Waals surface area (Å²) in [5, 5.41) is 3.06. The lowest BCUT2D eigenvalue weighted by Crippen LogP contribution is -2.35. The minimum atomic E-state index is -0.471. The van der Waals surface area contributed by atoms with Crippen molar-refractivity contribution >= 4 is 27.3 Å². The Balaban J connectivity index is 2.03. The van der Waals surface area contributed by atoms with Crippen LogP contribution in [0.3, 0.4) is 0 Å². The van der Waals surface area contributed by atoms with Crippen LogP contribution in [-0.2, 0) is 0 Å². The van der Waals surface area contributed by atoms with Gasteiger partial charge in [0.1, 0.15) is 5.69 Å². The highest BCUT2D eigenvalue weighted by molar-refractivity contribution is 9.10. The summed E-state index contributed by atoms with van der Waals surface area (Å²) in [5.74, 6) is 0. The van der Waals surface area contributed by atoms with E-state index in [1.807, 2.05) is 55.5 Å². The van der Waals surface area contributed by atoms with Crippen LogP contribution in [0.1, 0.15) is 5.56 Å². The second-order valence-electron chi connectivity index (χ2n) is 4.88. The average molecular weight is 342 g/mol. The second-order valence-corrected chi connectivity index (χ2v) is 5.74. The largest absolute Gasteiger partial charge is 0.351 e. The highest BCUT2D eigenvalue weighted by Gasteiger charge is 2.22. The molecule has 3 nitrogen and oxygen atoms in total. The SMILES string of the molecule is Cc1ccc(Nc2c(-c3ccccc3)c(=O)c2=O)c(Br)c1. The Hall–Kier alpha value is -2.20. The molecule has 21 heavy (non-hydrogen) atoms. The molecule has 0 heterocycles. The molecule has 0 radical (unpaired) electrons. The molecule has 0 aliphatic carbocycles. The summed E-state index contributed by atoms with van der Waals surface area (Å²) in [7, 11) is 0. The van der Waals surface area contributed by atoms with Crippen LogP contribution in [-0.4, -0.2) is 0 Å². The molecule has 0 aromatic heterocycles. The molecule has 0 spiro atoms. The Morgan fingerprint density at radius 1 is 0.952 bits per heavy atom. The highest BCUT2D eigenvalue weighted by atomic mass is 79.9. The summed E-state index contributed by atoms with van der Waals surface area (Å²) in [6, 6.07) is 15.0. The van der Waals surface area contributed by atoms with Crippen molar-refractivity contribution in [3.8, 4) is 11.1 Å². The molecule has 0 atom stereocenters. The molecule has 0 aliphatic rings. The Morgan fingerprint density at radius 3 is 2.33 bits per heavy atom. The Labute approximate surface area is 130 Å². The molecule has 0 fully saturated rings. The van der Waals surface area contributed by atoms with Crippen molar-refractivity contribution in [2.75, 3.05) is 5.32 Å². The number of halogens is 1. The van der Waals surface area contributed by atoms with Crippen molar-refractivity contribution in [3.05, 3.63) is 79.0 Å². The fourth-order valence-electron chi connectivity index (χ4n) is 2.25. The topological polar surface area (TPSA) is 46.2 Å². The standard InChI is InChI=1S/C17H12BrNO2/c1-10-7-8-13(12(18)9-10)19-15-14(16(20)17(15)21)11-5-3-2-4-6-11/h2-9,19H,1H3. The monoisotopic (exact) mass is 341 g/mol. The molecule has 3 aromatic rings. The maximum absolute atomic E-state index is 11.8. The summed E-state index contributed by atoms with van der Waals surface area (Å²) >= 11 is 3.46. The first kappa shape index (κ1) is 13.8. The van der Waals surface area contributed by atoms with Crippen molar-refractivity contribution < 1.29 is 0 Å². The molecule has 104 valence electrons. The first-order valence-corrected chi connectivity index (χ1v) is 7.29. The quantitative estimate of drug-likeness (QED) is 0.737. The van der Waals surface area contributed by atoms with Gasteiger partial charge in [0.2, 0.25) is 5.43 Å². The van der Waals surface area contributed by atoms with Crippen LogP contribution < -0.4 is 16.2 Å². The Kier molecular flexibility index (Phi) is 3.47. The van der Waals surface area contributed by atoms with Gasteiger partial charge in [-0.1, -0.05) is 36.4 Å². The predicted molar refractivity (Wildman–Crippen MR) is 89.0 cm³/mol. The van der Waals surface area contributed by atoms with Gasteiger partial charge in [-0.3, -0.25) is 9.59 Å². The fraction of sp³-hybridized carbons (Fsp3) is 0.0588. The zero-order chi connectivity index (χ0) is 15.0. The number of benzene rings is 2. The molecule has 0 unspecified atom stereocenters. The zero-order valence-electron chi connectivity index (χ0n) is 11.3. The van der Waals surface area contributed by atoms with Crippen LogP contribution >= 0.6 is 15.9 Å². The average Bonchev–Trinajstić information content (AvgIpc) is 2.49.